The van der Waals surface area contributed by atoms with Gasteiger partial charge in [0.2, 0.25) is 10.0 Å². The van der Waals surface area contributed by atoms with Crippen molar-refractivity contribution in [3.63, 3.8) is 0 Å². The number of aromatic carboxylic acids is 1. The molecule has 2 aromatic carbocycles. The van der Waals surface area contributed by atoms with Crippen LogP contribution in [0, 0.1) is 10.1 Å². The van der Waals surface area contributed by atoms with Crippen LogP contribution in [-0.2, 0) is 10.0 Å². The summed E-state index contributed by atoms with van der Waals surface area (Å²) >= 11 is 0. The Bertz CT molecular complexity index is 1050. The molecule has 2 aromatic rings. The summed E-state index contributed by atoms with van der Waals surface area (Å²) in [6, 6.07) is 9.59. The van der Waals surface area contributed by atoms with Crippen molar-refractivity contribution in [1.29, 1.82) is 0 Å². The summed E-state index contributed by atoms with van der Waals surface area (Å²) in [5, 5.41) is 24.4. The third kappa shape index (κ3) is 4.95. The molecule has 10 nitrogen and oxygen atoms in total. The smallest absolute Gasteiger partial charge is 0.336 e. The molecule has 0 atom stereocenters. The Labute approximate surface area is 167 Å². The summed E-state index contributed by atoms with van der Waals surface area (Å²) in [5.74, 6) is -1.14. The maximum atomic E-state index is 12.6. The molecular weight excluding hydrogens is 400 g/mol. The van der Waals surface area contributed by atoms with Crippen LogP contribution in [0.25, 0.3) is 0 Å². The Morgan fingerprint density at radius 3 is 2.48 bits per heavy atom. The Hall–Kier alpha value is -3.31. The number of rotatable bonds is 9. The van der Waals surface area contributed by atoms with Crippen molar-refractivity contribution in [3.8, 4) is 0 Å². The highest BCUT2D eigenvalue weighted by atomic mass is 32.2. The van der Waals surface area contributed by atoms with Crippen molar-refractivity contribution < 1.29 is 23.2 Å². The predicted molar refractivity (Wildman–Crippen MR) is 108 cm³/mol. The fraction of sp³-hybridized carbons (Fsp3) is 0.222. The van der Waals surface area contributed by atoms with Gasteiger partial charge in [-0.2, -0.15) is 9.41 Å². The first kappa shape index (κ1) is 22.0. The Kier molecular flexibility index (Phi) is 7.02. The SMILES string of the molecule is CCN(CC)S(=O)(=O)c1ccc(N/N=C/c2ccccc2C(=O)O)c([N+](=O)[O-])c1. The zero-order valence-corrected chi connectivity index (χ0v) is 16.6. The quantitative estimate of drug-likeness (QED) is 0.361. The summed E-state index contributed by atoms with van der Waals surface area (Å²) in [5.41, 5.74) is 2.29. The van der Waals surface area contributed by atoms with E-state index in [1.165, 1.54) is 34.8 Å². The molecule has 0 amide bonds. The Morgan fingerprint density at radius 2 is 1.90 bits per heavy atom. The molecular formula is C18H20N4O6S. The third-order valence-corrected chi connectivity index (χ3v) is 6.13. The fourth-order valence-corrected chi connectivity index (χ4v) is 4.08. The van der Waals surface area contributed by atoms with Gasteiger partial charge in [0.15, 0.2) is 0 Å². The topological polar surface area (TPSA) is 142 Å². The molecule has 154 valence electrons. The normalized spacial score (nSPS) is 11.7. The molecule has 11 heteroatoms. The van der Waals surface area contributed by atoms with Gasteiger partial charge >= 0.3 is 5.97 Å². The van der Waals surface area contributed by atoms with Crippen molar-refractivity contribution in [2.75, 3.05) is 18.5 Å². The van der Waals surface area contributed by atoms with Crippen LogP contribution in [0.4, 0.5) is 11.4 Å². The van der Waals surface area contributed by atoms with Gasteiger partial charge in [0.1, 0.15) is 5.69 Å². The summed E-state index contributed by atoms with van der Waals surface area (Å²) in [6.45, 7) is 3.82. The number of nitrogens with zero attached hydrogens (tertiary/aromatic N) is 3. The molecule has 2 N–H and O–H groups in total. The molecule has 0 radical (unpaired) electrons. The van der Waals surface area contributed by atoms with Crippen LogP contribution in [0.2, 0.25) is 0 Å². The highest BCUT2D eigenvalue weighted by Crippen LogP contribution is 2.29. The number of nitro benzene ring substituents is 1. The van der Waals surface area contributed by atoms with Crippen LogP contribution in [0.3, 0.4) is 0 Å². The standard InChI is InChI=1S/C18H20N4O6S/c1-3-21(4-2)29(27,28)14-9-10-16(17(11-14)22(25)26)20-19-12-13-7-5-6-8-15(13)18(23)24/h5-12,20H,3-4H2,1-2H3,(H,23,24)/b19-12+. The highest BCUT2D eigenvalue weighted by Gasteiger charge is 2.25. The minimum atomic E-state index is -3.86. The molecule has 0 aliphatic carbocycles. The first-order chi connectivity index (χ1) is 13.7. The number of nitro groups is 1. The number of carboxylic acids is 1. The van der Waals surface area contributed by atoms with E-state index in [0.717, 1.165) is 6.07 Å². The van der Waals surface area contributed by atoms with Crippen molar-refractivity contribution >= 4 is 33.6 Å². The molecule has 0 unspecified atom stereocenters. The monoisotopic (exact) mass is 420 g/mol. The molecule has 0 bridgehead atoms. The van der Waals surface area contributed by atoms with Crippen LogP contribution in [0.15, 0.2) is 52.5 Å². The van der Waals surface area contributed by atoms with Gasteiger partial charge in [-0.05, 0) is 18.2 Å². The number of nitrogens with one attached hydrogen (secondary N) is 1. The Balaban J connectivity index is 2.36. The second-order valence-corrected chi connectivity index (χ2v) is 7.73. The third-order valence-electron chi connectivity index (χ3n) is 4.09. The molecule has 0 aliphatic heterocycles. The molecule has 2 rings (SSSR count). The predicted octanol–water partition coefficient (Wildman–Crippen LogP) is 2.77. The number of hydrogen-bond acceptors (Lipinski definition) is 7. The number of hydrogen-bond donors (Lipinski definition) is 2. The van der Waals surface area contributed by atoms with E-state index in [2.05, 4.69) is 10.5 Å². The van der Waals surface area contributed by atoms with Crippen LogP contribution < -0.4 is 5.43 Å². The summed E-state index contributed by atoms with van der Waals surface area (Å²) < 4.78 is 26.4. The van der Waals surface area contributed by atoms with E-state index < -0.39 is 26.6 Å². The maximum absolute atomic E-state index is 12.6. The van der Waals surface area contributed by atoms with E-state index in [-0.39, 0.29) is 29.2 Å². The number of carboxylic acid groups (broad SMARTS) is 1. The summed E-state index contributed by atoms with van der Waals surface area (Å²) in [7, 11) is -3.86. The summed E-state index contributed by atoms with van der Waals surface area (Å²) in [6.07, 6.45) is 1.22. The first-order valence-corrected chi connectivity index (χ1v) is 10.1. The van der Waals surface area contributed by atoms with E-state index >= 15 is 0 Å². The maximum Gasteiger partial charge on any atom is 0.336 e. The van der Waals surface area contributed by atoms with Crippen molar-refractivity contribution in [3.05, 3.63) is 63.7 Å². The van der Waals surface area contributed by atoms with E-state index in [1.54, 1.807) is 26.0 Å². The van der Waals surface area contributed by atoms with Crippen LogP contribution in [0.5, 0.6) is 0 Å². The van der Waals surface area contributed by atoms with Gasteiger partial charge in [0.25, 0.3) is 5.69 Å². The second-order valence-electron chi connectivity index (χ2n) is 5.79. The lowest BCUT2D eigenvalue weighted by molar-refractivity contribution is -0.384. The van der Waals surface area contributed by atoms with Crippen LogP contribution in [0.1, 0.15) is 29.8 Å². The fourth-order valence-electron chi connectivity index (χ4n) is 2.61. The van der Waals surface area contributed by atoms with Gasteiger partial charge in [-0.15, -0.1) is 0 Å². The van der Waals surface area contributed by atoms with Crippen LogP contribution in [-0.4, -0.2) is 48.0 Å². The minimum Gasteiger partial charge on any atom is -0.478 e. The lowest BCUT2D eigenvalue weighted by Gasteiger charge is -2.18. The van der Waals surface area contributed by atoms with Gasteiger partial charge in [0.05, 0.1) is 21.6 Å². The number of carbonyl (C=O) groups is 1. The van der Waals surface area contributed by atoms with E-state index in [0.29, 0.717) is 5.56 Å². The number of anilines is 1. The average molecular weight is 420 g/mol. The average Bonchev–Trinajstić information content (AvgIpc) is 2.68. The minimum absolute atomic E-state index is 0.0215. The second kappa shape index (κ2) is 9.26. The Morgan fingerprint density at radius 1 is 1.24 bits per heavy atom. The molecule has 0 aliphatic rings. The van der Waals surface area contributed by atoms with Gasteiger partial charge in [-0.1, -0.05) is 32.0 Å². The first-order valence-electron chi connectivity index (χ1n) is 8.62. The van der Waals surface area contributed by atoms with Gasteiger partial charge < -0.3 is 5.11 Å². The molecule has 0 fully saturated rings. The molecule has 0 saturated carbocycles. The van der Waals surface area contributed by atoms with Gasteiger partial charge in [-0.3, -0.25) is 15.5 Å². The molecule has 29 heavy (non-hydrogen) atoms. The van der Waals surface area contributed by atoms with Gasteiger partial charge in [0, 0.05) is 24.7 Å². The van der Waals surface area contributed by atoms with Crippen LogP contribution >= 0.6 is 0 Å². The molecule has 0 aromatic heterocycles. The number of hydrazone groups is 1. The largest absolute Gasteiger partial charge is 0.478 e. The number of benzene rings is 2. The van der Waals surface area contributed by atoms with E-state index in [9.17, 15) is 23.3 Å². The van der Waals surface area contributed by atoms with Crippen molar-refractivity contribution in [2.45, 2.75) is 18.7 Å². The van der Waals surface area contributed by atoms with Crippen molar-refractivity contribution in [1.82, 2.24) is 4.31 Å². The highest BCUT2D eigenvalue weighted by molar-refractivity contribution is 7.89. The molecule has 0 spiro atoms. The van der Waals surface area contributed by atoms with Gasteiger partial charge in [-0.25, -0.2) is 13.2 Å². The van der Waals surface area contributed by atoms with E-state index in [1.807, 2.05) is 0 Å². The van der Waals surface area contributed by atoms with E-state index in [4.69, 9.17) is 5.11 Å². The van der Waals surface area contributed by atoms with Crippen molar-refractivity contribution in [2.24, 2.45) is 5.10 Å². The molecule has 0 saturated heterocycles. The molecule has 0 heterocycles. The zero-order valence-electron chi connectivity index (χ0n) is 15.8. The lowest BCUT2D eigenvalue weighted by Crippen LogP contribution is -2.30. The number of sulfonamides is 1. The lowest BCUT2D eigenvalue weighted by atomic mass is 10.1. The summed E-state index contributed by atoms with van der Waals surface area (Å²) in [4.78, 5) is 21.7. The zero-order chi connectivity index (χ0) is 21.6.